The van der Waals surface area contributed by atoms with E-state index in [1.54, 1.807) is 97.1 Å². The van der Waals surface area contributed by atoms with Crippen LogP contribution in [-0.2, 0) is 32.3 Å². The predicted octanol–water partition coefficient (Wildman–Crippen LogP) is 8.36. The summed E-state index contributed by atoms with van der Waals surface area (Å²) in [6, 6.07) is 30.8. The van der Waals surface area contributed by atoms with Gasteiger partial charge in [-0.25, -0.2) is 0 Å². The molecule has 6 rings (SSSR count). The Bertz CT molecular complexity index is 2050. The van der Waals surface area contributed by atoms with Crippen molar-refractivity contribution in [3.63, 3.8) is 0 Å². The van der Waals surface area contributed by atoms with Crippen LogP contribution in [0, 0.1) is 0 Å². The van der Waals surface area contributed by atoms with E-state index in [2.05, 4.69) is 5.32 Å². The van der Waals surface area contributed by atoms with Crippen LogP contribution in [0.1, 0.15) is 32.6 Å². The lowest BCUT2D eigenvalue weighted by Crippen LogP contribution is -2.50. The third kappa shape index (κ3) is 7.35. The Morgan fingerprint density at radius 2 is 1.20 bits per heavy atom. The third-order valence-electron chi connectivity index (χ3n) is 8.61. The first-order chi connectivity index (χ1) is 24.3. The van der Waals surface area contributed by atoms with Gasteiger partial charge in [0.05, 0.1) is 12.0 Å². The second-order valence-electron chi connectivity index (χ2n) is 11.9. The molecule has 0 aliphatic heterocycles. The van der Waals surface area contributed by atoms with E-state index in [0.717, 1.165) is 12.1 Å². The molecule has 0 heterocycles. The maximum atomic E-state index is 13.6. The predicted molar refractivity (Wildman–Crippen MR) is 178 cm³/mol. The highest BCUT2D eigenvalue weighted by Gasteiger charge is 2.51. The van der Waals surface area contributed by atoms with Crippen LogP contribution in [0.4, 0.5) is 32.0 Å². The quantitative estimate of drug-likeness (QED) is 0.120. The summed E-state index contributed by atoms with van der Waals surface area (Å²) in [5, 5.41) is 4.73. The number of rotatable bonds is 9. The normalized spacial score (nSPS) is 13.1. The molecule has 0 radical (unpaired) electrons. The minimum absolute atomic E-state index is 0.230. The maximum absolute atomic E-state index is 13.6. The van der Waals surface area contributed by atoms with Crippen molar-refractivity contribution in [3.05, 3.63) is 149 Å². The highest BCUT2D eigenvalue weighted by atomic mass is 19.4. The maximum Gasteiger partial charge on any atom is 0.416 e. The van der Waals surface area contributed by atoms with Crippen molar-refractivity contribution < 1.29 is 45.5 Å². The average molecular weight is 703 g/mol. The van der Waals surface area contributed by atoms with Gasteiger partial charge in [-0.15, -0.1) is 0 Å². The Balaban J connectivity index is 1.15. The SMILES string of the molecule is O=C(Cc1ccc(NC(=O)c2ccccc2-c2ccc(C(F)(F)F)cc2)cc1)OCC1(C(=O)NCC(F)(F)F)c2ccccc2-c2ccccc21. The number of ether oxygens (including phenoxy) is 1. The molecule has 0 spiro atoms. The highest BCUT2D eigenvalue weighted by molar-refractivity contribution is 6.08. The number of carbonyl (C=O) groups excluding carboxylic acids is 3. The van der Waals surface area contributed by atoms with E-state index >= 15 is 0 Å². The minimum atomic E-state index is -4.66. The number of benzene rings is 5. The van der Waals surface area contributed by atoms with E-state index in [0.29, 0.717) is 44.6 Å². The first-order valence-corrected chi connectivity index (χ1v) is 15.6. The summed E-state index contributed by atoms with van der Waals surface area (Å²) in [4.78, 5) is 39.9. The fraction of sp³-hybridized carbons (Fsp3) is 0.154. The number of fused-ring (bicyclic) bond motifs is 3. The summed E-state index contributed by atoms with van der Waals surface area (Å²) in [5.41, 5.74) is 1.54. The summed E-state index contributed by atoms with van der Waals surface area (Å²) in [6.45, 7) is -2.11. The van der Waals surface area contributed by atoms with E-state index in [1.165, 1.54) is 12.1 Å². The number of carbonyl (C=O) groups is 3. The monoisotopic (exact) mass is 702 g/mol. The molecule has 0 atom stereocenters. The molecule has 0 saturated heterocycles. The Morgan fingerprint density at radius 1 is 0.647 bits per heavy atom. The van der Waals surface area contributed by atoms with Gasteiger partial charge in [0, 0.05) is 11.3 Å². The van der Waals surface area contributed by atoms with Crippen molar-refractivity contribution >= 4 is 23.5 Å². The van der Waals surface area contributed by atoms with Crippen LogP contribution in [0.25, 0.3) is 22.3 Å². The van der Waals surface area contributed by atoms with E-state index < -0.39 is 54.3 Å². The average Bonchev–Trinajstić information content (AvgIpc) is 3.40. The number of nitrogens with one attached hydrogen (secondary N) is 2. The lowest BCUT2D eigenvalue weighted by atomic mass is 9.78. The van der Waals surface area contributed by atoms with Crippen molar-refractivity contribution in [1.82, 2.24) is 5.32 Å². The minimum Gasteiger partial charge on any atom is -0.464 e. The number of halogens is 6. The topological polar surface area (TPSA) is 84.5 Å². The van der Waals surface area contributed by atoms with Crippen LogP contribution >= 0.6 is 0 Å². The summed E-state index contributed by atoms with van der Waals surface area (Å²) >= 11 is 0. The Labute approximate surface area is 288 Å². The lowest BCUT2D eigenvalue weighted by molar-refractivity contribution is -0.149. The molecular formula is C39H28F6N2O4. The van der Waals surface area contributed by atoms with Gasteiger partial charge in [-0.3, -0.25) is 14.4 Å². The fourth-order valence-electron chi connectivity index (χ4n) is 6.20. The van der Waals surface area contributed by atoms with Gasteiger partial charge in [0.2, 0.25) is 5.91 Å². The molecule has 2 amide bonds. The number of anilines is 1. The van der Waals surface area contributed by atoms with Crippen LogP contribution in [0.3, 0.4) is 0 Å². The molecule has 6 nitrogen and oxygen atoms in total. The molecule has 1 aliphatic carbocycles. The standard InChI is InChI=1S/C39H28F6N2O4/c40-38(41,42)22-46-36(50)37(32-11-5-3-8-29(32)30-9-4-6-12-33(30)37)23-51-34(48)21-24-13-19-27(20-14-24)47-35(49)31-10-2-1-7-28(31)25-15-17-26(18-16-25)39(43,44)45/h1-20H,21-23H2,(H,46,50)(H,47,49). The van der Waals surface area contributed by atoms with Crippen molar-refractivity contribution in [1.29, 1.82) is 0 Å². The van der Waals surface area contributed by atoms with Crippen LogP contribution in [0.5, 0.6) is 0 Å². The summed E-state index contributed by atoms with van der Waals surface area (Å²) < 4.78 is 84.1. The van der Waals surface area contributed by atoms with Crippen molar-refractivity contribution in [2.24, 2.45) is 0 Å². The summed E-state index contributed by atoms with van der Waals surface area (Å²) in [6.07, 6.45) is -9.40. The van der Waals surface area contributed by atoms with Gasteiger partial charge in [0.15, 0.2) is 0 Å². The molecule has 5 aromatic carbocycles. The first kappa shape index (κ1) is 34.9. The van der Waals surface area contributed by atoms with Crippen LogP contribution in [-0.4, -0.2) is 37.1 Å². The molecule has 5 aromatic rings. The molecule has 0 aromatic heterocycles. The zero-order valence-corrected chi connectivity index (χ0v) is 26.6. The lowest BCUT2D eigenvalue weighted by Gasteiger charge is -2.30. The molecule has 51 heavy (non-hydrogen) atoms. The molecule has 0 saturated carbocycles. The largest absolute Gasteiger partial charge is 0.464 e. The zero-order valence-electron chi connectivity index (χ0n) is 26.6. The van der Waals surface area contributed by atoms with E-state index in [1.807, 2.05) is 5.32 Å². The Morgan fingerprint density at radius 3 is 1.76 bits per heavy atom. The molecule has 2 N–H and O–H groups in total. The van der Waals surface area contributed by atoms with Crippen molar-refractivity contribution in [2.45, 2.75) is 24.2 Å². The number of hydrogen-bond donors (Lipinski definition) is 2. The van der Waals surface area contributed by atoms with Gasteiger partial charge in [-0.2, -0.15) is 26.3 Å². The number of hydrogen-bond acceptors (Lipinski definition) is 4. The second-order valence-corrected chi connectivity index (χ2v) is 11.9. The van der Waals surface area contributed by atoms with Crippen molar-refractivity contribution in [2.75, 3.05) is 18.5 Å². The van der Waals surface area contributed by atoms with Gasteiger partial charge >= 0.3 is 18.3 Å². The first-order valence-electron chi connectivity index (χ1n) is 15.6. The Hall–Kier alpha value is -5.91. The van der Waals surface area contributed by atoms with Crippen LogP contribution in [0.15, 0.2) is 121 Å². The van der Waals surface area contributed by atoms with Gasteiger partial charge in [-0.05, 0) is 69.3 Å². The molecule has 0 unspecified atom stereocenters. The van der Waals surface area contributed by atoms with Gasteiger partial charge in [0.1, 0.15) is 18.6 Å². The van der Waals surface area contributed by atoms with Gasteiger partial charge in [0.25, 0.3) is 5.91 Å². The smallest absolute Gasteiger partial charge is 0.416 e. The molecular weight excluding hydrogens is 674 g/mol. The zero-order chi connectivity index (χ0) is 36.4. The number of alkyl halides is 6. The van der Waals surface area contributed by atoms with Gasteiger partial charge in [-0.1, -0.05) is 91.0 Å². The highest BCUT2D eigenvalue weighted by Crippen LogP contribution is 2.49. The molecule has 12 heteroatoms. The van der Waals surface area contributed by atoms with Gasteiger partial charge < -0.3 is 15.4 Å². The van der Waals surface area contributed by atoms with Crippen molar-refractivity contribution in [3.8, 4) is 22.3 Å². The van der Waals surface area contributed by atoms with Crippen LogP contribution in [0.2, 0.25) is 0 Å². The molecule has 260 valence electrons. The third-order valence-corrected chi connectivity index (χ3v) is 8.61. The number of esters is 1. The number of amides is 2. The fourth-order valence-corrected chi connectivity index (χ4v) is 6.20. The molecule has 1 aliphatic rings. The molecule has 0 fully saturated rings. The van der Waals surface area contributed by atoms with E-state index in [-0.39, 0.29) is 12.0 Å². The van der Waals surface area contributed by atoms with E-state index in [4.69, 9.17) is 4.74 Å². The van der Waals surface area contributed by atoms with E-state index in [9.17, 15) is 40.7 Å². The Kier molecular flexibility index (Phi) is 9.44. The summed E-state index contributed by atoms with van der Waals surface area (Å²) in [5.74, 6) is -2.20. The summed E-state index contributed by atoms with van der Waals surface area (Å²) in [7, 11) is 0. The molecule has 0 bridgehead atoms. The van der Waals surface area contributed by atoms with Crippen LogP contribution < -0.4 is 10.6 Å². The second kappa shape index (κ2) is 13.8.